The van der Waals surface area contributed by atoms with Crippen molar-refractivity contribution in [3.63, 3.8) is 0 Å². The number of morpholine rings is 1. The number of carbonyl (C=O) groups excluding carboxylic acids is 1. The molecule has 1 aromatic carbocycles. The number of benzene rings is 1. The van der Waals surface area contributed by atoms with E-state index in [-0.39, 0.29) is 18.1 Å². The van der Waals surface area contributed by atoms with Gasteiger partial charge in [-0.2, -0.15) is 0 Å². The molecule has 26 heavy (non-hydrogen) atoms. The molecule has 0 bridgehead atoms. The number of thiophene rings is 1. The van der Waals surface area contributed by atoms with Crippen LogP contribution in [-0.2, 0) is 17.6 Å². The number of aryl methyl sites for hydroxylation is 2. The highest BCUT2D eigenvalue weighted by Gasteiger charge is 2.23. The van der Waals surface area contributed by atoms with E-state index in [4.69, 9.17) is 4.74 Å². The molecule has 1 aromatic heterocycles. The SMILES string of the molecule is CC1CN(CCNC(=O)c2cc3c(s2)-c2ccccc2CC3)CC(C)O1. The fourth-order valence-electron chi connectivity index (χ4n) is 4.07. The summed E-state index contributed by atoms with van der Waals surface area (Å²) < 4.78 is 5.76. The van der Waals surface area contributed by atoms with Crippen LogP contribution < -0.4 is 5.32 Å². The fraction of sp³-hybridized carbons (Fsp3) is 0.476. The summed E-state index contributed by atoms with van der Waals surface area (Å²) in [5.74, 6) is 0.0521. The largest absolute Gasteiger partial charge is 0.373 e. The van der Waals surface area contributed by atoms with Crippen molar-refractivity contribution in [2.24, 2.45) is 0 Å². The molecule has 1 N–H and O–H groups in total. The van der Waals surface area contributed by atoms with Gasteiger partial charge in [-0.1, -0.05) is 24.3 Å². The van der Waals surface area contributed by atoms with Crippen LogP contribution >= 0.6 is 11.3 Å². The van der Waals surface area contributed by atoms with Crippen LogP contribution in [0, 0.1) is 0 Å². The van der Waals surface area contributed by atoms with Crippen molar-refractivity contribution in [2.75, 3.05) is 26.2 Å². The summed E-state index contributed by atoms with van der Waals surface area (Å²) in [4.78, 5) is 17.1. The molecule has 138 valence electrons. The number of fused-ring (bicyclic) bond motifs is 3. The standard InChI is InChI=1S/C21H26N2O2S/c1-14-12-23(13-15(2)25-14)10-9-22-21(24)19-11-17-8-7-16-5-3-4-6-18(16)20(17)26-19/h3-6,11,14-15H,7-10,12-13H2,1-2H3,(H,22,24). The van der Waals surface area contributed by atoms with E-state index in [2.05, 4.69) is 54.4 Å². The highest BCUT2D eigenvalue weighted by atomic mass is 32.1. The van der Waals surface area contributed by atoms with Gasteiger partial charge in [-0.15, -0.1) is 11.3 Å². The van der Waals surface area contributed by atoms with E-state index in [9.17, 15) is 4.79 Å². The average Bonchev–Trinajstić information content (AvgIpc) is 3.06. The molecule has 2 aromatic rings. The lowest BCUT2D eigenvalue weighted by molar-refractivity contribution is -0.0672. The van der Waals surface area contributed by atoms with E-state index < -0.39 is 0 Å². The first-order valence-corrected chi connectivity index (χ1v) is 10.3. The molecule has 1 aliphatic heterocycles. The van der Waals surface area contributed by atoms with Crippen molar-refractivity contribution in [3.05, 3.63) is 46.3 Å². The maximum atomic E-state index is 12.6. The van der Waals surface area contributed by atoms with Gasteiger partial charge in [-0.05, 0) is 49.4 Å². The van der Waals surface area contributed by atoms with Crippen molar-refractivity contribution in [1.82, 2.24) is 10.2 Å². The first-order valence-electron chi connectivity index (χ1n) is 9.47. The van der Waals surface area contributed by atoms with Gasteiger partial charge in [0.1, 0.15) is 0 Å². The quantitative estimate of drug-likeness (QED) is 0.897. The molecular formula is C21H26N2O2S. The van der Waals surface area contributed by atoms with Crippen LogP contribution in [0.1, 0.15) is 34.6 Å². The van der Waals surface area contributed by atoms with E-state index in [1.807, 2.05) is 0 Å². The summed E-state index contributed by atoms with van der Waals surface area (Å²) >= 11 is 1.63. The van der Waals surface area contributed by atoms with Crippen molar-refractivity contribution in [2.45, 2.75) is 38.9 Å². The Balaban J connectivity index is 1.37. The third kappa shape index (κ3) is 3.70. The normalized spacial score (nSPS) is 22.5. The minimum Gasteiger partial charge on any atom is -0.373 e. The molecule has 2 aliphatic rings. The monoisotopic (exact) mass is 370 g/mol. The molecule has 4 rings (SSSR count). The Hall–Kier alpha value is -1.69. The summed E-state index contributed by atoms with van der Waals surface area (Å²) in [5.41, 5.74) is 4.01. The third-order valence-electron chi connectivity index (χ3n) is 5.17. The molecule has 1 amide bonds. The van der Waals surface area contributed by atoms with Crippen LogP contribution in [0.3, 0.4) is 0 Å². The molecule has 0 saturated carbocycles. The second kappa shape index (κ2) is 7.51. The van der Waals surface area contributed by atoms with E-state index in [1.165, 1.54) is 21.6 Å². The Kier molecular flexibility index (Phi) is 5.11. The van der Waals surface area contributed by atoms with Gasteiger partial charge in [-0.3, -0.25) is 9.69 Å². The highest BCUT2D eigenvalue weighted by Crippen LogP contribution is 2.39. The molecule has 2 atom stereocenters. The van der Waals surface area contributed by atoms with E-state index in [1.54, 1.807) is 11.3 Å². The zero-order valence-electron chi connectivity index (χ0n) is 15.5. The van der Waals surface area contributed by atoms with Crippen molar-refractivity contribution < 1.29 is 9.53 Å². The fourth-order valence-corrected chi connectivity index (χ4v) is 5.25. The highest BCUT2D eigenvalue weighted by molar-refractivity contribution is 7.17. The first kappa shape index (κ1) is 17.7. The molecule has 4 nitrogen and oxygen atoms in total. The van der Waals surface area contributed by atoms with Crippen LogP contribution in [-0.4, -0.2) is 49.2 Å². The zero-order valence-corrected chi connectivity index (χ0v) is 16.3. The summed E-state index contributed by atoms with van der Waals surface area (Å²) in [6.45, 7) is 7.63. The topological polar surface area (TPSA) is 41.6 Å². The summed E-state index contributed by atoms with van der Waals surface area (Å²) in [6, 6.07) is 10.6. The number of amides is 1. The van der Waals surface area contributed by atoms with Gasteiger partial charge in [0.15, 0.2) is 0 Å². The molecule has 0 spiro atoms. The molecule has 0 radical (unpaired) electrons. The molecule has 1 fully saturated rings. The second-order valence-electron chi connectivity index (χ2n) is 7.39. The molecular weight excluding hydrogens is 344 g/mol. The number of nitrogens with zero attached hydrogens (tertiary/aromatic N) is 1. The van der Waals surface area contributed by atoms with Crippen LogP contribution in [0.15, 0.2) is 30.3 Å². The Bertz CT molecular complexity index is 791. The summed E-state index contributed by atoms with van der Waals surface area (Å²) in [5, 5.41) is 3.10. The number of hydrogen-bond acceptors (Lipinski definition) is 4. The Morgan fingerprint density at radius 2 is 1.92 bits per heavy atom. The number of hydrogen-bond donors (Lipinski definition) is 1. The van der Waals surface area contributed by atoms with E-state index in [0.29, 0.717) is 6.54 Å². The van der Waals surface area contributed by atoms with E-state index in [0.717, 1.165) is 37.4 Å². The average molecular weight is 371 g/mol. The van der Waals surface area contributed by atoms with Gasteiger partial charge >= 0.3 is 0 Å². The van der Waals surface area contributed by atoms with Gasteiger partial charge in [0, 0.05) is 31.1 Å². The summed E-state index contributed by atoms with van der Waals surface area (Å²) in [7, 11) is 0. The van der Waals surface area contributed by atoms with Crippen molar-refractivity contribution in [3.8, 4) is 10.4 Å². The van der Waals surface area contributed by atoms with E-state index >= 15 is 0 Å². The molecule has 2 unspecified atom stereocenters. The van der Waals surface area contributed by atoms with Gasteiger partial charge in [0.2, 0.25) is 0 Å². The number of rotatable bonds is 4. The van der Waals surface area contributed by atoms with Crippen LogP contribution in [0.4, 0.5) is 0 Å². The molecule has 2 heterocycles. The van der Waals surface area contributed by atoms with Crippen LogP contribution in [0.25, 0.3) is 10.4 Å². The number of nitrogens with one attached hydrogen (secondary N) is 1. The molecule has 1 aliphatic carbocycles. The minimum absolute atomic E-state index is 0.0521. The van der Waals surface area contributed by atoms with Gasteiger partial charge in [-0.25, -0.2) is 0 Å². The minimum atomic E-state index is 0.0521. The van der Waals surface area contributed by atoms with Crippen molar-refractivity contribution >= 4 is 17.2 Å². The maximum Gasteiger partial charge on any atom is 0.261 e. The lowest BCUT2D eigenvalue weighted by Gasteiger charge is -2.35. The second-order valence-corrected chi connectivity index (χ2v) is 8.45. The van der Waals surface area contributed by atoms with Crippen LogP contribution in [0.2, 0.25) is 0 Å². The lowest BCUT2D eigenvalue weighted by Crippen LogP contribution is -2.47. The lowest BCUT2D eigenvalue weighted by atomic mass is 9.91. The maximum absolute atomic E-state index is 12.6. The molecule has 1 saturated heterocycles. The Morgan fingerprint density at radius 1 is 1.19 bits per heavy atom. The third-order valence-corrected chi connectivity index (χ3v) is 6.38. The van der Waals surface area contributed by atoms with Crippen molar-refractivity contribution in [1.29, 1.82) is 0 Å². The number of carbonyl (C=O) groups is 1. The molecule has 5 heteroatoms. The predicted molar refractivity (Wildman–Crippen MR) is 106 cm³/mol. The van der Waals surface area contributed by atoms with Gasteiger partial charge in [0.25, 0.3) is 5.91 Å². The smallest absolute Gasteiger partial charge is 0.261 e. The Labute approximate surface area is 159 Å². The predicted octanol–water partition coefficient (Wildman–Crippen LogP) is 3.35. The van der Waals surface area contributed by atoms with Crippen LogP contribution in [0.5, 0.6) is 0 Å². The number of ether oxygens (including phenoxy) is 1. The Morgan fingerprint density at radius 3 is 2.73 bits per heavy atom. The summed E-state index contributed by atoms with van der Waals surface area (Å²) in [6.07, 6.45) is 2.62. The van der Waals surface area contributed by atoms with Gasteiger partial charge < -0.3 is 10.1 Å². The van der Waals surface area contributed by atoms with Gasteiger partial charge in [0.05, 0.1) is 17.1 Å². The zero-order chi connectivity index (χ0) is 18.1. The first-order chi connectivity index (χ1) is 12.6.